The smallest absolute Gasteiger partial charge is 0.307 e. The molecule has 1 aromatic rings. The van der Waals surface area contributed by atoms with Gasteiger partial charge in [0, 0.05) is 11.1 Å². The van der Waals surface area contributed by atoms with Crippen LogP contribution in [0.1, 0.15) is 39.7 Å². The van der Waals surface area contributed by atoms with Crippen LogP contribution in [0.5, 0.6) is 5.75 Å². The van der Waals surface area contributed by atoms with Gasteiger partial charge in [-0.3, -0.25) is 4.79 Å². The monoisotopic (exact) mass is 386 g/mol. The van der Waals surface area contributed by atoms with Gasteiger partial charge in [0.25, 0.3) is 0 Å². The van der Waals surface area contributed by atoms with Gasteiger partial charge in [-0.25, -0.2) is 4.39 Å². The Morgan fingerprint density at radius 1 is 1.25 bits per heavy atom. The summed E-state index contributed by atoms with van der Waals surface area (Å²) in [5.41, 5.74) is 3.28. The molecule has 0 heterocycles. The van der Waals surface area contributed by atoms with Crippen LogP contribution in [0.4, 0.5) is 4.39 Å². The molecule has 0 aliphatic carbocycles. The van der Waals surface area contributed by atoms with Gasteiger partial charge in [0.2, 0.25) is 0 Å². The first-order valence-corrected chi connectivity index (χ1v) is 9.11. The van der Waals surface area contributed by atoms with Crippen LogP contribution in [0.3, 0.4) is 0 Å². The van der Waals surface area contributed by atoms with Gasteiger partial charge in [-0.1, -0.05) is 43.9 Å². The van der Waals surface area contributed by atoms with Crippen LogP contribution in [0.2, 0.25) is 0 Å². The fraction of sp³-hybridized carbons (Fsp3) is 0.292. The summed E-state index contributed by atoms with van der Waals surface area (Å²) in [5, 5.41) is 9.00. The Bertz CT molecular complexity index is 766. The van der Waals surface area contributed by atoms with Crippen LogP contribution in [0, 0.1) is 0 Å². The zero-order valence-electron chi connectivity index (χ0n) is 17.3. The second-order valence-electron chi connectivity index (χ2n) is 6.15. The Hall–Kier alpha value is -2.88. The predicted molar refractivity (Wildman–Crippen MR) is 115 cm³/mol. The van der Waals surface area contributed by atoms with Gasteiger partial charge in [-0.05, 0) is 50.0 Å². The van der Waals surface area contributed by atoms with E-state index in [9.17, 15) is 9.18 Å². The molecule has 1 rings (SSSR count). The van der Waals surface area contributed by atoms with Gasteiger partial charge < -0.3 is 9.84 Å². The number of benzene rings is 1. The lowest BCUT2D eigenvalue weighted by atomic mass is 9.99. The van der Waals surface area contributed by atoms with Crippen molar-refractivity contribution >= 4 is 5.97 Å². The molecule has 0 amide bonds. The van der Waals surface area contributed by atoms with Gasteiger partial charge >= 0.3 is 5.97 Å². The van der Waals surface area contributed by atoms with Gasteiger partial charge in [0.15, 0.2) is 0 Å². The van der Waals surface area contributed by atoms with E-state index in [-0.39, 0.29) is 18.9 Å². The summed E-state index contributed by atoms with van der Waals surface area (Å²) in [6.45, 7) is 17.4. The summed E-state index contributed by atoms with van der Waals surface area (Å²) < 4.78 is 20.0. The third-order valence-electron chi connectivity index (χ3n) is 3.91. The molecular formula is C24H31FO3. The lowest BCUT2D eigenvalue weighted by molar-refractivity contribution is -0.136. The van der Waals surface area contributed by atoms with Gasteiger partial charge in [0.05, 0.1) is 6.42 Å². The molecule has 0 radical (unpaired) electrons. The quantitative estimate of drug-likeness (QED) is 0.384. The van der Waals surface area contributed by atoms with Crippen LogP contribution in [-0.2, 0) is 11.2 Å². The van der Waals surface area contributed by atoms with E-state index in [0.717, 1.165) is 11.1 Å². The van der Waals surface area contributed by atoms with E-state index in [0.29, 0.717) is 28.9 Å². The van der Waals surface area contributed by atoms with Crippen molar-refractivity contribution in [2.75, 3.05) is 6.61 Å². The Morgan fingerprint density at radius 3 is 2.36 bits per heavy atom. The van der Waals surface area contributed by atoms with Crippen molar-refractivity contribution in [1.29, 1.82) is 0 Å². The zero-order valence-corrected chi connectivity index (χ0v) is 17.3. The lowest BCUT2D eigenvalue weighted by Crippen LogP contribution is -2.06. The summed E-state index contributed by atoms with van der Waals surface area (Å²) in [6.07, 6.45) is 4.32. The number of halogens is 1. The van der Waals surface area contributed by atoms with Crippen LogP contribution < -0.4 is 4.74 Å². The second kappa shape index (κ2) is 13.3. The maximum absolute atomic E-state index is 14.2. The number of rotatable bonds is 9. The van der Waals surface area contributed by atoms with E-state index in [1.807, 2.05) is 26.0 Å². The molecular weight excluding hydrogens is 355 g/mol. The highest BCUT2D eigenvalue weighted by Crippen LogP contribution is 2.26. The lowest BCUT2D eigenvalue weighted by Gasteiger charge is -2.13. The van der Waals surface area contributed by atoms with E-state index < -0.39 is 5.97 Å². The third-order valence-corrected chi connectivity index (χ3v) is 3.91. The highest BCUT2D eigenvalue weighted by molar-refractivity contribution is 5.71. The number of hydrogen-bond acceptors (Lipinski definition) is 2. The Kier molecular flexibility index (Phi) is 11.9. The number of hydrogen-bond donors (Lipinski definition) is 1. The maximum atomic E-state index is 14.2. The number of para-hydroxylation sites is 1. The molecule has 28 heavy (non-hydrogen) atoms. The third kappa shape index (κ3) is 8.21. The minimum atomic E-state index is -0.908. The second-order valence-corrected chi connectivity index (χ2v) is 6.15. The molecule has 0 aromatic heterocycles. The van der Waals surface area contributed by atoms with E-state index in [2.05, 4.69) is 19.7 Å². The van der Waals surface area contributed by atoms with Crippen molar-refractivity contribution in [1.82, 2.24) is 0 Å². The zero-order chi connectivity index (χ0) is 21.7. The molecule has 1 aromatic carbocycles. The fourth-order valence-corrected chi connectivity index (χ4v) is 2.39. The topological polar surface area (TPSA) is 46.5 Å². The highest BCUT2D eigenvalue weighted by Gasteiger charge is 2.11. The first-order valence-electron chi connectivity index (χ1n) is 9.11. The average molecular weight is 387 g/mol. The van der Waals surface area contributed by atoms with Crippen LogP contribution in [0.25, 0.3) is 0 Å². The van der Waals surface area contributed by atoms with Crippen LogP contribution >= 0.6 is 0 Å². The molecule has 0 unspecified atom stereocenters. The number of aliphatic carboxylic acids is 1. The first-order chi connectivity index (χ1) is 13.3. The minimum Gasteiger partial charge on any atom is -0.489 e. The first kappa shape index (κ1) is 25.1. The van der Waals surface area contributed by atoms with Crippen molar-refractivity contribution < 1.29 is 19.0 Å². The van der Waals surface area contributed by atoms with Crippen molar-refractivity contribution in [3.63, 3.8) is 0 Å². The van der Waals surface area contributed by atoms with Gasteiger partial charge in [-0.15, -0.1) is 13.2 Å². The summed E-state index contributed by atoms with van der Waals surface area (Å²) in [5.74, 6) is -0.662. The molecule has 4 heteroatoms. The molecule has 0 fully saturated rings. The summed E-state index contributed by atoms with van der Waals surface area (Å²) in [7, 11) is 0. The standard InChI is InChI=1S/C22H27FO3.C2H4/c1-6-17(12-18(7-2)16(5)22(23)15(3)4)14-26-20-11-9-8-10-19(20)13-21(24)25;1-2/h6,8-12H,5,7,13-14H2,1-4H3,(H,24,25);1-2H2/b17-6+,18-12+;. The molecule has 0 saturated heterocycles. The van der Waals surface area contributed by atoms with E-state index in [1.54, 1.807) is 38.1 Å². The SMILES string of the molecule is C=C.C=C(C(F)=C(C)C)/C(=C/C(=C\C)COc1ccccc1CC(=O)O)CC. The molecule has 0 atom stereocenters. The van der Waals surface area contributed by atoms with Crippen molar-refractivity contribution in [3.05, 3.63) is 89.8 Å². The number of carbonyl (C=O) groups is 1. The summed E-state index contributed by atoms with van der Waals surface area (Å²) >= 11 is 0. The Balaban J connectivity index is 0.00000352. The summed E-state index contributed by atoms with van der Waals surface area (Å²) in [6, 6.07) is 7.06. The normalized spacial score (nSPS) is 11.2. The molecule has 0 aliphatic heterocycles. The Labute approximate surface area is 168 Å². The molecule has 3 nitrogen and oxygen atoms in total. The highest BCUT2D eigenvalue weighted by atomic mass is 19.1. The van der Waals surface area contributed by atoms with Crippen molar-refractivity contribution in [2.45, 2.75) is 40.5 Å². The van der Waals surface area contributed by atoms with Crippen molar-refractivity contribution in [3.8, 4) is 5.75 Å². The number of allylic oxidation sites excluding steroid dienone is 5. The molecule has 0 spiro atoms. The maximum Gasteiger partial charge on any atom is 0.307 e. The van der Waals surface area contributed by atoms with Gasteiger partial charge in [-0.2, -0.15) is 0 Å². The number of carboxylic acid groups (broad SMARTS) is 1. The molecule has 0 bridgehead atoms. The predicted octanol–water partition coefficient (Wildman–Crippen LogP) is 6.60. The minimum absolute atomic E-state index is 0.0972. The largest absolute Gasteiger partial charge is 0.489 e. The molecule has 152 valence electrons. The van der Waals surface area contributed by atoms with Gasteiger partial charge in [0.1, 0.15) is 18.2 Å². The number of ether oxygens (including phenoxy) is 1. The number of carboxylic acids is 1. The van der Waals surface area contributed by atoms with E-state index >= 15 is 0 Å². The van der Waals surface area contributed by atoms with E-state index in [4.69, 9.17) is 9.84 Å². The van der Waals surface area contributed by atoms with Crippen LogP contribution in [-0.4, -0.2) is 17.7 Å². The molecule has 1 N–H and O–H groups in total. The fourth-order valence-electron chi connectivity index (χ4n) is 2.39. The molecule has 0 saturated carbocycles. The molecule has 0 aliphatic rings. The summed E-state index contributed by atoms with van der Waals surface area (Å²) in [4.78, 5) is 11.0. The Morgan fingerprint density at radius 2 is 1.86 bits per heavy atom. The van der Waals surface area contributed by atoms with Crippen molar-refractivity contribution in [2.24, 2.45) is 0 Å². The van der Waals surface area contributed by atoms with E-state index in [1.165, 1.54) is 0 Å². The average Bonchev–Trinajstić information content (AvgIpc) is 2.69. The van der Waals surface area contributed by atoms with Crippen LogP contribution in [0.15, 0.2) is 84.3 Å².